The molecule has 0 atom stereocenters. The van der Waals surface area contributed by atoms with Gasteiger partial charge in [-0.05, 0) is 33.2 Å². The molecule has 0 spiro atoms. The predicted molar refractivity (Wildman–Crippen MR) is 65.4 cm³/mol. The average molecular weight is 334 g/mol. The molecule has 0 radical (unpaired) electrons. The molecule has 78 valence electrons. The number of aromatic nitrogens is 1. The van der Waals surface area contributed by atoms with Gasteiger partial charge in [0.05, 0.1) is 5.52 Å². The summed E-state index contributed by atoms with van der Waals surface area (Å²) in [5, 5.41) is 13.1. The lowest BCUT2D eigenvalue weighted by Crippen LogP contribution is -1.86. The van der Waals surface area contributed by atoms with Gasteiger partial charge in [0.2, 0.25) is 5.88 Å². The van der Waals surface area contributed by atoms with E-state index in [-0.39, 0.29) is 11.6 Å². The number of nitrogens with zero attached hydrogens (tertiary/aromatic N) is 2. The third-order valence-electron chi connectivity index (χ3n) is 2.24. The van der Waals surface area contributed by atoms with Crippen LogP contribution >= 0.6 is 31.9 Å². The summed E-state index contributed by atoms with van der Waals surface area (Å²) in [6, 6.07) is 3.59. The fraction of sp³-hybridized carbons (Fsp3) is 0.111. The molecule has 0 aliphatic heterocycles. The van der Waals surface area contributed by atoms with Gasteiger partial charge in [-0.2, -0.15) is 0 Å². The summed E-state index contributed by atoms with van der Waals surface area (Å²) in [6.45, 7) is 0. The molecule has 0 aliphatic carbocycles. The Balaban J connectivity index is 3.03. The van der Waals surface area contributed by atoms with Gasteiger partial charge in [-0.3, -0.25) is 0 Å². The molecule has 4 nitrogen and oxygen atoms in total. The third-order valence-corrected chi connectivity index (χ3v) is 3.30. The molecule has 0 bridgehead atoms. The van der Waals surface area contributed by atoms with Crippen molar-refractivity contribution in [1.82, 2.24) is 4.57 Å². The second-order valence-corrected chi connectivity index (χ2v) is 4.88. The van der Waals surface area contributed by atoms with Crippen LogP contribution in [0.4, 0.5) is 5.69 Å². The molecule has 1 N–H and O–H groups in total. The van der Waals surface area contributed by atoms with Gasteiger partial charge in [-0.15, -0.1) is 4.91 Å². The number of benzene rings is 1. The van der Waals surface area contributed by atoms with Crippen molar-refractivity contribution in [2.24, 2.45) is 12.2 Å². The molecular formula is C9H6Br2N2O2. The van der Waals surface area contributed by atoms with Crippen molar-refractivity contribution in [2.75, 3.05) is 0 Å². The number of aryl methyl sites for hydroxylation is 1. The van der Waals surface area contributed by atoms with Crippen LogP contribution in [0.1, 0.15) is 0 Å². The summed E-state index contributed by atoms with van der Waals surface area (Å²) in [5.41, 5.74) is 0.805. The van der Waals surface area contributed by atoms with Gasteiger partial charge in [-0.1, -0.05) is 15.9 Å². The SMILES string of the molecule is Cn1c(O)c(N=O)c2cc(Br)cc(Br)c21. The summed E-state index contributed by atoms with van der Waals surface area (Å²) >= 11 is 6.69. The lowest BCUT2D eigenvalue weighted by atomic mass is 10.2. The monoisotopic (exact) mass is 332 g/mol. The molecule has 2 rings (SSSR count). The zero-order chi connectivity index (χ0) is 11.2. The Bertz CT molecular complexity index is 563. The highest BCUT2D eigenvalue weighted by Crippen LogP contribution is 2.41. The topological polar surface area (TPSA) is 54.6 Å². The van der Waals surface area contributed by atoms with Crippen LogP contribution in [0.25, 0.3) is 10.9 Å². The maximum atomic E-state index is 10.6. The standard InChI is InChI=1S/C9H6Br2N2O2/c1-13-8-5(7(12-15)9(13)14)2-4(10)3-6(8)11/h2-3,14H,1H3. The maximum absolute atomic E-state index is 10.6. The summed E-state index contributed by atoms with van der Waals surface area (Å²) in [6.07, 6.45) is 0. The predicted octanol–water partition coefficient (Wildman–Crippen LogP) is 3.81. The lowest BCUT2D eigenvalue weighted by molar-refractivity contribution is 0.437. The van der Waals surface area contributed by atoms with E-state index >= 15 is 0 Å². The number of nitroso groups, excluding NO2 is 1. The lowest BCUT2D eigenvalue weighted by Gasteiger charge is -2.00. The molecule has 0 saturated carbocycles. The first-order valence-corrected chi connectivity index (χ1v) is 5.64. The van der Waals surface area contributed by atoms with Crippen molar-refractivity contribution in [3.05, 3.63) is 26.0 Å². The normalized spacial score (nSPS) is 10.9. The number of aromatic hydroxyl groups is 1. The van der Waals surface area contributed by atoms with Crippen molar-refractivity contribution in [3.63, 3.8) is 0 Å². The fourth-order valence-corrected chi connectivity index (χ4v) is 3.05. The Hall–Kier alpha value is -0.880. The summed E-state index contributed by atoms with van der Waals surface area (Å²) in [4.78, 5) is 10.6. The van der Waals surface area contributed by atoms with Gasteiger partial charge in [0.1, 0.15) is 0 Å². The van der Waals surface area contributed by atoms with E-state index in [4.69, 9.17) is 0 Å². The molecule has 1 heterocycles. The van der Waals surface area contributed by atoms with Crippen molar-refractivity contribution >= 4 is 48.5 Å². The van der Waals surface area contributed by atoms with Crippen LogP contribution in [-0.2, 0) is 7.05 Å². The Morgan fingerprint density at radius 2 is 2.07 bits per heavy atom. The molecular weight excluding hydrogens is 328 g/mol. The quantitative estimate of drug-likeness (QED) is 0.807. The Morgan fingerprint density at radius 3 is 2.67 bits per heavy atom. The van der Waals surface area contributed by atoms with Gasteiger partial charge in [0.15, 0.2) is 5.69 Å². The minimum absolute atomic E-state index is 0.0644. The van der Waals surface area contributed by atoms with Crippen LogP contribution in [0.2, 0.25) is 0 Å². The zero-order valence-electron chi connectivity index (χ0n) is 7.66. The highest BCUT2D eigenvalue weighted by Gasteiger charge is 2.17. The van der Waals surface area contributed by atoms with Crippen LogP contribution in [0.5, 0.6) is 5.88 Å². The number of rotatable bonds is 1. The summed E-state index contributed by atoms with van der Waals surface area (Å²) in [5.74, 6) is -0.126. The first-order valence-electron chi connectivity index (χ1n) is 4.06. The maximum Gasteiger partial charge on any atom is 0.222 e. The molecule has 6 heteroatoms. The van der Waals surface area contributed by atoms with Crippen LogP contribution in [0.15, 0.2) is 26.3 Å². The van der Waals surface area contributed by atoms with E-state index in [0.717, 1.165) is 14.5 Å². The van der Waals surface area contributed by atoms with E-state index < -0.39 is 0 Å². The van der Waals surface area contributed by atoms with Gasteiger partial charge >= 0.3 is 0 Å². The number of fused-ring (bicyclic) bond motifs is 1. The van der Waals surface area contributed by atoms with Crippen LogP contribution in [0, 0.1) is 4.91 Å². The van der Waals surface area contributed by atoms with Crippen molar-refractivity contribution in [2.45, 2.75) is 0 Å². The molecule has 2 aromatic rings. The fourth-order valence-electron chi connectivity index (χ4n) is 1.56. The number of hydrogen-bond acceptors (Lipinski definition) is 3. The van der Waals surface area contributed by atoms with E-state index in [2.05, 4.69) is 37.0 Å². The first kappa shape index (κ1) is 10.6. The second-order valence-electron chi connectivity index (χ2n) is 3.11. The molecule has 0 unspecified atom stereocenters. The van der Waals surface area contributed by atoms with E-state index in [1.54, 1.807) is 13.1 Å². The van der Waals surface area contributed by atoms with E-state index in [1.165, 1.54) is 4.57 Å². The first-order chi connectivity index (χ1) is 7.06. The van der Waals surface area contributed by atoms with E-state index in [1.807, 2.05) is 6.07 Å². The largest absolute Gasteiger partial charge is 0.493 e. The second kappa shape index (κ2) is 3.61. The Labute approximate surface area is 102 Å². The van der Waals surface area contributed by atoms with Crippen molar-refractivity contribution < 1.29 is 5.11 Å². The van der Waals surface area contributed by atoms with Crippen LogP contribution < -0.4 is 0 Å². The zero-order valence-corrected chi connectivity index (χ0v) is 10.8. The highest BCUT2D eigenvalue weighted by atomic mass is 79.9. The van der Waals surface area contributed by atoms with E-state index in [0.29, 0.717) is 5.39 Å². The average Bonchev–Trinajstić information content (AvgIpc) is 2.39. The van der Waals surface area contributed by atoms with E-state index in [9.17, 15) is 10.0 Å². The van der Waals surface area contributed by atoms with Gasteiger partial charge in [0, 0.05) is 21.4 Å². The van der Waals surface area contributed by atoms with Crippen molar-refractivity contribution in [1.29, 1.82) is 0 Å². The molecule has 0 fully saturated rings. The molecule has 0 amide bonds. The van der Waals surface area contributed by atoms with Crippen LogP contribution in [0.3, 0.4) is 0 Å². The number of halogens is 2. The summed E-state index contributed by atoms with van der Waals surface area (Å²) in [7, 11) is 1.67. The Morgan fingerprint density at radius 1 is 1.40 bits per heavy atom. The number of hydrogen-bond donors (Lipinski definition) is 1. The van der Waals surface area contributed by atoms with Crippen molar-refractivity contribution in [3.8, 4) is 5.88 Å². The Kier molecular flexibility index (Phi) is 2.56. The molecule has 1 aromatic carbocycles. The van der Waals surface area contributed by atoms with Crippen LogP contribution in [-0.4, -0.2) is 9.67 Å². The molecule has 15 heavy (non-hydrogen) atoms. The van der Waals surface area contributed by atoms with Gasteiger partial charge < -0.3 is 9.67 Å². The molecule has 1 aromatic heterocycles. The summed E-state index contributed by atoms with van der Waals surface area (Å²) < 4.78 is 3.12. The minimum atomic E-state index is -0.126. The van der Waals surface area contributed by atoms with Gasteiger partial charge in [-0.25, -0.2) is 0 Å². The van der Waals surface area contributed by atoms with Gasteiger partial charge in [0.25, 0.3) is 0 Å². The third kappa shape index (κ3) is 1.48. The molecule has 0 saturated heterocycles. The smallest absolute Gasteiger partial charge is 0.222 e. The minimum Gasteiger partial charge on any atom is -0.493 e. The molecule has 0 aliphatic rings. The highest BCUT2D eigenvalue weighted by molar-refractivity contribution is 9.11.